The van der Waals surface area contributed by atoms with Crippen molar-refractivity contribution in [2.75, 3.05) is 0 Å². The van der Waals surface area contributed by atoms with Crippen LogP contribution in [0.1, 0.15) is 50.9 Å². The predicted molar refractivity (Wildman–Crippen MR) is 90.1 cm³/mol. The first-order valence-electron chi connectivity index (χ1n) is 8.66. The second kappa shape index (κ2) is 6.41. The van der Waals surface area contributed by atoms with Crippen LogP contribution in [0.2, 0.25) is 0 Å². The van der Waals surface area contributed by atoms with E-state index in [0.29, 0.717) is 0 Å². The van der Waals surface area contributed by atoms with E-state index >= 15 is 0 Å². The Kier molecular flexibility index (Phi) is 4.33. The molecule has 0 radical (unpaired) electrons. The monoisotopic (exact) mass is 310 g/mol. The number of pyridine rings is 1. The van der Waals surface area contributed by atoms with Crippen LogP contribution >= 0.6 is 0 Å². The summed E-state index contributed by atoms with van der Waals surface area (Å²) in [6, 6.07) is 13.1. The molecule has 0 saturated carbocycles. The van der Waals surface area contributed by atoms with Gasteiger partial charge in [0.15, 0.2) is 6.20 Å². The van der Waals surface area contributed by atoms with Crippen LogP contribution in [0.3, 0.4) is 0 Å². The molecule has 0 amide bonds. The highest BCUT2D eigenvalue weighted by molar-refractivity contribution is 5.17. The zero-order valence-corrected chi connectivity index (χ0v) is 14.5. The van der Waals surface area contributed by atoms with Crippen LogP contribution in [0, 0.1) is 0 Å². The van der Waals surface area contributed by atoms with Gasteiger partial charge in [-0.1, -0.05) is 37.1 Å². The number of hydrogen-bond acceptors (Lipinski definition) is 0. The second-order valence-corrected chi connectivity index (χ2v) is 5.28. The lowest BCUT2D eigenvalue weighted by molar-refractivity contribution is -0.875. The molecular formula is C19H26N4+2. The van der Waals surface area contributed by atoms with Gasteiger partial charge in [0.05, 0.1) is 6.20 Å². The molecule has 2 aliphatic heterocycles. The first-order valence-corrected chi connectivity index (χ1v) is 8.66. The standard InChI is InChI=1S/C15H14N4.2C2H6/c1-4-12-10-16-7-2-6-14(16)15-18-9-3-8-17(18)11-13(5-1)19(12)15;2*1-2/h1-9,15H,10-11H2;2*1-2H3/q+2;;/t15-;;/m1../s1. The van der Waals surface area contributed by atoms with Crippen LogP contribution in [0.25, 0.3) is 0 Å². The highest BCUT2D eigenvalue weighted by Crippen LogP contribution is 2.24. The minimum absolute atomic E-state index is 0.249. The largest absolute Gasteiger partial charge is 0.333 e. The van der Waals surface area contributed by atoms with Crippen molar-refractivity contribution in [3.8, 4) is 0 Å². The Labute approximate surface area is 138 Å². The molecule has 2 aliphatic rings. The summed E-state index contributed by atoms with van der Waals surface area (Å²) in [5.74, 6) is 0. The van der Waals surface area contributed by atoms with Crippen LogP contribution in [0.5, 0.6) is 0 Å². The summed E-state index contributed by atoms with van der Waals surface area (Å²) in [6.07, 6.45) is 6.74. The van der Waals surface area contributed by atoms with Crippen LogP contribution in [0.4, 0.5) is 0 Å². The highest BCUT2D eigenvalue weighted by Gasteiger charge is 2.43. The van der Waals surface area contributed by atoms with E-state index in [9.17, 15) is 0 Å². The van der Waals surface area contributed by atoms with Gasteiger partial charge in [-0.05, 0) is 18.2 Å². The third kappa shape index (κ3) is 2.29. The van der Waals surface area contributed by atoms with Gasteiger partial charge in [0.25, 0.3) is 12.2 Å². The molecule has 0 spiro atoms. The average Bonchev–Trinajstić information content (AvgIpc) is 3.27. The van der Waals surface area contributed by atoms with E-state index in [4.69, 9.17) is 0 Å². The zero-order valence-electron chi connectivity index (χ0n) is 14.5. The zero-order chi connectivity index (χ0) is 16.4. The van der Waals surface area contributed by atoms with E-state index in [0.717, 1.165) is 13.1 Å². The molecule has 0 aromatic carbocycles. The average molecular weight is 310 g/mol. The van der Waals surface area contributed by atoms with Crippen molar-refractivity contribution < 1.29 is 9.25 Å². The molecule has 3 aromatic rings. The Bertz CT molecular complexity index is 735. The van der Waals surface area contributed by atoms with Crippen LogP contribution in [0.15, 0.2) is 55.0 Å². The maximum Gasteiger partial charge on any atom is 0.325 e. The van der Waals surface area contributed by atoms with Crippen LogP contribution in [-0.2, 0) is 13.1 Å². The Balaban J connectivity index is 0.000000365. The minimum atomic E-state index is 0.249. The number of nitrogens with zero attached hydrogens (tertiary/aromatic N) is 4. The minimum Gasteiger partial charge on any atom is -0.333 e. The second-order valence-electron chi connectivity index (χ2n) is 5.28. The summed E-state index contributed by atoms with van der Waals surface area (Å²) in [5, 5.41) is 0. The topological polar surface area (TPSA) is 17.6 Å². The molecule has 1 atom stereocenters. The van der Waals surface area contributed by atoms with E-state index in [1.807, 2.05) is 27.7 Å². The Morgan fingerprint density at radius 3 is 2.52 bits per heavy atom. The van der Waals surface area contributed by atoms with E-state index < -0.39 is 0 Å². The Morgan fingerprint density at radius 1 is 0.913 bits per heavy atom. The molecular weight excluding hydrogens is 284 g/mol. The molecule has 4 nitrogen and oxygen atoms in total. The van der Waals surface area contributed by atoms with Gasteiger partial charge in [-0.3, -0.25) is 0 Å². The summed E-state index contributed by atoms with van der Waals surface area (Å²) in [6.45, 7) is 9.91. The van der Waals surface area contributed by atoms with Crippen molar-refractivity contribution in [2.45, 2.75) is 47.0 Å². The maximum absolute atomic E-state index is 2.48. The normalized spacial score (nSPS) is 15.9. The highest BCUT2D eigenvalue weighted by atomic mass is 15.5. The van der Waals surface area contributed by atoms with Gasteiger partial charge in [-0.15, -0.1) is 0 Å². The molecule has 0 fully saturated rings. The molecule has 5 heterocycles. The quantitative estimate of drug-likeness (QED) is 0.391. The molecule has 3 aromatic heterocycles. The van der Waals surface area contributed by atoms with E-state index in [-0.39, 0.29) is 6.17 Å². The molecule has 4 heteroatoms. The van der Waals surface area contributed by atoms with Crippen LogP contribution < -0.4 is 9.25 Å². The first kappa shape index (κ1) is 15.5. The Hall–Kier alpha value is -2.36. The molecule has 120 valence electrons. The van der Waals surface area contributed by atoms with E-state index in [1.54, 1.807) is 0 Å². The van der Waals surface area contributed by atoms with Gasteiger partial charge in [-0.2, -0.15) is 4.57 Å². The van der Waals surface area contributed by atoms with Gasteiger partial charge in [0.2, 0.25) is 5.69 Å². The summed E-state index contributed by atoms with van der Waals surface area (Å²) in [4.78, 5) is 0. The molecule has 0 aliphatic carbocycles. The Morgan fingerprint density at radius 2 is 1.70 bits per heavy atom. The third-order valence-corrected chi connectivity index (χ3v) is 4.27. The third-order valence-electron chi connectivity index (χ3n) is 4.27. The van der Waals surface area contributed by atoms with Crippen LogP contribution in [-0.4, -0.2) is 9.25 Å². The summed E-state index contributed by atoms with van der Waals surface area (Å²) < 4.78 is 9.43. The lowest BCUT2D eigenvalue weighted by atomic mass is 10.1. The fraction of sp³-hybridized carbons (Fsp3) is 0.368. The van der Waals surface area contributed by atoms with Crippen molar-refractivity contribution in [1.82, 2.24) is 9.25 Å². The first-order chi connectivity index (χ1) is 11.4. The number of fused-ring (bicyclic) bond motifs is 4. The molecule has 23 heavy (non-hydrogen) atoms. The van der Waals surface area contributed by atoms with Crippen molar-refractivity contribution in [2.24, 2.45) is 0 Å². The smallest absolute Gasteiger partial charge is 0.325 e. The van der Waals surface area contributed by atoms with Gasteiger partial charge in [0.1, 0.15) is 12.2 Å². The van der Waals surface area contributed by atoms with Crippen molar-refractivity contribution in [3.05, 3.63) is 72.1 Å². The SMILES string of the molecule is CC.CC.c1cc2[n+]3c(c1)C[n+]1cccn1[C@H]3c1cccn1C2. The maximum atomic E-state index is 2.48. The van der Waals surface area contributed by atoms with E-state index in [1.165, 1.54) is 17.1 Å². The summed E-state index contributed by atoms with van der Waals surface area (Å²) >= 11 is 0. The van der Waals surface area contributed by atoms with E-state index in [2.05, 4.69) is 73.5 Å². The summed E-state index contributed by atoms with van der Waals surface area (Å²) in [7, 11) is 0. The molecule has 0 saturated heterocycles. The fourth-order valence-electron chi connectivity index (χ4n) is 3.46. The van der Waals surface area contributed by atoms with Gasteiger partial charge in [-0.25, -0.2) is 0 Å². The van der Waals surface area contributed by atoms with Gasteiger partial charge in [0, 0.05) is 24.4 Å². The van der Waals surface area contributed by atoms with Crippen molar-refractivity contribution in [3.63, 3.8) is 0 Å². The van der Waals surface area contributed by atoms with Gasteiger partial charge < -0.3 is 4.57 Å². The molecule has 0 bridgehead atoms. The van der Waals surface area contributed by atoms with Crippen molar-refractivity contribution in [1.29, 1.82) is 0 Å². The number of hydrogen-bond donors (Lipinski definition) is 0. The number of rotatable bonds is 0. The lowest BCUT2D eigenvalue weighted by Crippen LogP contribution is -2.65. The van der Waals surface area contributed by atoms with Gasteiger partial charge >= 0.3 is 6.17 Å². The lowest BCUT2D eigenvalue weighted by Gasteiger charge is -2.25. The summed E-state index contributed by atoms with van der Waals surface area (Å²) in [5.41, 5.74) is 4.12. The molecule has 0 N–H and O–H groups in total. The van der Waals surface area contributed by atoms with Crippen molar-refractivity contribution >= 4 is 0 Å². The fourth-order valence-corrected chi connectivity index (χ4v) is 3.46. The number of aromatic nitrogens is 4. The predicted octanol–water partition coefficient (Wildman–Crippen LogP) is 2.74. The molecule has 0 unspecified atom stereocenters. The molecule has 5 rings (SSSR count).